The van der Waals surface area contributed by atoms with Gasteiger partial charge in [-0.25, -0.2) is 0 Å². The maximum Gasteiger partial charge on any atom is 0.141 e. The van der Waals surface area contributed by atoms with E-state index in [2.05, 4.69) is 6.92 Å². The van der Waals surface area contributed by atoms with E-state index in [0.717, 1.165) is 25.2 Å². The van der Waals surface area contributed by atoms with Crippen LogP contribution in [0.15, 0.2) is 0 Å². The van der Waals surface area contributed by atoms with Crippen LogP contribution in [0.5, 0.6) is 0 Å². The first-order chi connectivity index (χ1) is 7.15. The van der Waals surface area contributed by atoms with Crippen LogP contribution in [0.25, 0.3) is 0 Å². The van der Waals surface area contributed by atoms with E-state index < -0.39 is 0 Å². The smallest absolute Gasteiger partial charge is 0.141 e. The maximum atomic E-state index is 12.1. The number of rotatable bonds is 2. The van der Waals surface area contributed by atoms with Crippen molar-refractivity contribution in [1.29, 1.82) is 0 Å². The number of hydrogen-bond acceptors (Lipinski definition) is 2. The van der Waals surface area contributed by atoms with Gasteiger partial charge in [-0.2, -0.15) is 0 Å². The average molecular weight is 229 g/mol. The summed E-state index contributed by atoms with van der Waals surface area (Å²) in [5, 5.41) is 0. The molecule has 4 rings (SSSR count). The molecule has 0 aliphatic heterocycles. The maximum absolute atomic E-state index is 12.1. The molecule has 0 aromatic rings. The van der Waals surface area contributed by atoms with Gasteiger partial charge in [0.25, 0.3) is 0 Å². The van der Waals surface area contributed by atoms with Gasteiger partial charge in [-0.15, -0.1) is 0 Å². The quantitative estimate of drug-likeness (QED) is 0.680. The lowest BCUT2D eigenvalue weighted by Crippen LogP contribution is -2.61. The molecule has 5 atom stereocenters. The van der Waals surface area contributed by atoms with Crippen molar-refractivity contribution in [2.24, 2.45) is 23.7 Å². The van der Waals surface area contributed by atoms with Crippen LogP contribution in [0, 0.1) is 23.7 Å². The zero-order valence-corrected chi connectivity index (χ0v) is 9.80. The van der Waals surface area contributed by atoms with Gasteiger partial charge in [0, 0.05) is 11.8 Å². The van der Waals surface area contributed by atoms with Crippen molar-refractivity contribution < 1.29 is 9.53 Å². The van der Waals surface area contributed by atoms with Crippen molar-refractivity contribution in [3.63, 3.8) is 0 Å². The second-order valence-electron chi connectivity index (χ2n) is 5.59. The molecule has 3 heteroatoms. The molecule has 0 saturated heterocycles. The van der Waals surface area contributed by atoms with Crippen LogP contribution in [0.2, 0.25) is 0 Å². The van der Waals surface area contributed by atoms with Crippen LogP contribution in [0.3, 0.4) is 0 Å². The highest BCUT2D eigenvalue weighted by molar-refractivity contribution is 6.17. The van der Waals surface area contributed by atoms with E-state index in [0.29, 0.717) is 17.6 Å². The van der Waals surface area contributed by atoms with Gasteiger partial charge in [-0.3, -0.25) is 4.79 Å². The Morgan fingerprint density at radius 1 is 1.40 bits per heavy atom. The number of ether oxygens (including phenoxy) is 1. The Bertz CT molecular complexity index is 304. The summed E-state index contributed by atoms with van der Waals surface area (Å²) in [6, 6.07) is 0.214. The standard InChI is InChI=1S/C12H17ClO2/c1-12(15-6-13)9-3-7-2-8(5-9)11(14)10(12)4-7/h7-10H,2-6H2,1H3. The molecule has 0 aromatic heterocycles. The Morgan fingerprint density at radius 3 is 2.93 bits per heavy atom. The highest BCUT2D eigenvalue weighted by Crippen LogP contribution is 2.57. The number of carbonyl (C=O) groups excluding carboxylic acids is 1. The summed E-state index contributed by atoms with van der Waals surface area (Å²) in [7, 11) is 0. The number of alkyl halides is 1. The van der Waals surface area contributed by atoms with Gasteiger partial charge in [0.1, 0.15) is 11.8 Å². The SMILES string of the molecule is CC1(OCCl)C2CC3CC(C2)C(=O)C1C3. The molecule has 0 spiro atoms. The summed E-state index contributed by atoms with van der Waals surface area (Å²) in [5.74, 6) is 2.28. The molecule has 4 saturated carbocycles. The molecule has 15 heavy (non-hydrogen) atoms. The lowest BCUT2D eigenvalue weighted by molar-refractivity contribution is -0.189. The predicted octanol–water partition coefficient (Wildman–Crippen LogP) is 2.59. The van der Waals surface area contributed by atoms with E-state index >= 15 is 0 Å². The van der Waals surface area contributed by atoms with E-state index in [1.54, 1.807) is 0 Å². The average Bonchev–Trinajstić information content (AvgIpc) is 2.21. The van der Waals surface area contributed by atoms with Crippen molar-refractivity contribution in [1.82, 2.24) is 0 Å². The fourth-order valence-electron chi connectivity index (χ4n) is 4.20. The summed E-state index contributed by atoms with van der Waals surface area (Å²) in [6.45, 7) is 2.10. The highest BCUT2D eigenvalue weighted by atomic mass is 35.5. The van der Waals surface area contributed by atoms with Gasteiger partial charge in [0.05, 0.1) is 5.60 Å². The second-order valence-corrected chi connectivity index (χ2v) is 5.81. The molecule has 4 fully saturated rings. The molecule has 0 aromatic carbocycles. The molecule has 4 bridgehead atoms. The Balaban J connectivity index is 1.95. The summed E-state index contributed by atoms with van der Waals surface area (Å²) < 4.78 is 5.72. The number of hydrogen-bond donors (Lipinski definition) is 0. The number of halogens is 1. The topological polar surface area (TPSA) is 26.3 Å². The minimum absolute atomic E-state index is 0.132. The zero-order chi connectivity index (χ0) is 10.6. The number of carbonyl (C=O) groups is 1. The van der Waals surface area contributed by atoms with Crippen LogP contribution < -0.4 is 0 Å². The van der Waals surface area contributed by atoms with Gasteiger partial charge in [0.15, 0.2) is 0 Å². The number of Topliss-reactive ketones (excluding diaryl/α,β-unsaturated/α-hetero) is 1. The monoisotopic (exact) mass is 228 g/mol. The number of ketones is 1. The van der Waals surface area contributed by atoms with Crippen molar-refractivity contribution in [3.8, 4) is 0 Å². The van der Waals surface area contributed by atoms with Crippen LogP contribution in [-0.4, -0.2) is 17.5 Å². The minimum atomic E-state index is -0.258. The second kappa shape index (κ2) is 3.21. The van der Waals surface area contributed by atoms with Crippen LogP contribution in [0.4, 0.5) is 0 Å². The summed E-state index contributed by atoms with van der Waals surface area (Å²) >= 11 is 5.70. The van der Waals surface area contributed by atoms with Crippen LogP contribution in [-0.2, 0) is 9.53 Å². The summed E-state index contributed by atoms with van der Waals surface area (Å²) in [6.07, 6.45) is 4.47. The Morgan fingerprint density at radius 2 is 2.20 bits per heavy atom. The van der Waals surface area contributed by atoms with E-state index in [1.165, 1.54) is 6.42 Å². The third-order valence-electron chi connectivity index (χ3n) is 4.99. The lowest BCUT2D eigenvalue weighted by atomic mass is 9.49. The molecule has 4 aliphatic rings. The van der Waals surface area contributed by atoms with Gasteiger partial charge in [-0.1, -0.05) is 11.6 Å². The van der Waals surface area contributed by atoms with E-state index in [9.17, 15) is 4.79 Å². The Labute approximate surface area is 95.3 Å². The lowest BCUT2D eigenvalue weighted by Gasteiger charge is -2.58. The normalized spacial score (nSPS) is 52.5. The molecule has 2 nitrogen and oxygen atoms in total. The molecule has 0 N–H and O–H groups in total. The zero-order valence-electron chi connectivity index (χ0n) is 9.04. The van der Waals surface area contributed by atoms with Crippen molar-refractivity contribution >= 4 is 17.4 Å². The molecule has 0 radical (unpaired) electrons. The Hall–Kier alpha value is -0.0800. The van der Waals surface area contributed by atoms with Crippen LogP contribution in [0.1, 0.15) is 32.6 Å². The third kappa shape index (κ3) is 1.24. The fraction of sp³-hybridized carbons (Fsp3) is 0.917. The molecule has 84 valence electrons. The summed E-state index contributed by atoms with van der Waals surface area (Å²) in [4.78, 5) is 12.1. The highest BCUT2D eigenvalue weighted by Gasteiger charge is 2.59. The van der Waals surface area contributed by atoms with Crippen molar-refractivity contribution in [2.45, 2.75) is 38.2 Å². The predicted molar refractivity (Wildman–Crippen MR) is 57.6 cm³/mol. The van der Waals surface area contributed by atoms with E-state index in [1.807, 2.05) is 0 Å². The fourth-order valence-corrected chi connectivity index (χ4v) is 4.44. The molecular weight excluding hydrogens is 212 g/mol. The molecule has 5 unspecified atom stereocenters. The van der Waals surface area contributed by atoms with Crippen molar-refractivity contribution in [2.75, 3.05) is 6.07 Å². The first kappa shape index (κ1) is 10.1. The largest absolute Gasteiger partial charge is 0.359 e. The molecule has 4 aliphatic carbocycles. The van der Waals surface area contributed by atoms with Gasteiger partial charge >= 0.3 is 0 Å². The van der Waals surface area contributed by atoms with Gasteiger partial charge in [0.2, 0.25) is 0 Å². The van der Waals surface area contributed by atoms with Gasteiger partial charge in [-0.05, 0) is 44.4 Å². The van der Waals surface area contributed by atoms with Crippen LogP contribution >= 0.6 is 11.6 Å². The molecular formula is C12H17ClO2. The van der Waals surface area contributed by atoms with E-state index in [-0.39, 0.29) is 17.6 Å². The minimum Gasteiger partial charge on any atom is -0.359 e. The Kier molecular flexibility index (Phi) is 2.16. The summed E-state index contributed by atoms with van der Waals surface area (Å²) in [5.41, 5.74) is -0.258. The van der Waals surface area contributed by atoms with Gasteiger partial charge < -0.3 is 4.74 Å². The molecule has 0 amide bonds. The first-order valence-corrected chi connectivity index (χ1v) is 6.42. The van der Waals surface area contributed by atoms with E-state index in [4.69, 9.17) is 16.3 Å². The molecule has 0 heterocycles. The first-order valence-electron chi connectivity index (χ1n) is 5.88. The van der Waals surface area contributed by atoms with Crippen molar-refractivity contribution in [3.05, 3.63) is 0 Å². The third-order valence-corrected chi connectivity index (χ3v) is 5.10.